The zero-order valence-corrected chi connectivity index (χ0v) is 14.8. The molecule has 4 heteroatoms. The highest BCUT2D eigenvalue weighted by Gasteiger charge is 2.35. The maximum absolute atomic E-state index is 12.3. The second kappa shape index (κ2) is 7.85. The van der Waals surface area contributed by atoms with Gasteiger partial charge in [-0.25, -0.2) is 0 Å². The molecule has 1 N–H and O–H groups in total. The lowest BCUT2D eigenvalue weighted by atomic mass is 10.0. The monoisotopic (exact) mass is 309 g/mol. The van der Waals surface area contributed by atoms with E-state index in [1.165, 1.54) is 16.0 Å². The number of carbonyl (C=O) groups is 1. The Morgan fingerprint density at radius 3 is 2.62 bits per heavy atom. The minimum atomic E-state index is -0.676. The fourth-order valence-corrected chi connectivity index (χ4v) is 3.38. The van der Waals surface area contributed by atoms with E-state index in [0.29, 0.717) is 12.4 Å². The van der Waals surface area contributed by atoms with Gasteiger partial charge >= 0.3 is 5.97 Å². The van der Waals surface area contributed by atoms with Crippen LogP contribution in [0.2, 0.25) is 0 Å². The van der Waals surface area contributed by atoms with E-state index in [1.807, 2.05) is 27.7 Å². The van der Waals surface area contributed by atoms with E-state index >= 15 is 0 Å². The Balaban J connectivity index is 2.86. The number of aryl methyl sites for hydroxylation is 2. The molecular formula is C17H27NO2S. The van der Waals surface area contributed by atoms with Gasteiger partial charge in [0, 0.05) is 16.7 Å². The van der Waals surface area contributed by atoms with Crippen LogP contribution in [-0.2, 0) is 9.53 Å². The number of esters is 1. The van der Waals surface area contributed by atoms with Gasteiger partial charge in [0.2, 0.25) is 0 Å². The van der Waals surface area contributed by atoms with E-state index in [4.69, 9.17) is 4.74 Å². The fourth-order valence-electron chi connectivity index (χ4n) is 2.17. The molecule has 1 aromatic carbocycles. The Morgan fingerprint density at radius 2 is 2.05 bits per heavy atom. The predicted molar refractivity (Wildman–Crippen MR) is 89.9 cm³/mol. The molecule has 21 heavy (non-hydrogen) atoms. The topological polar surface area (TPSA) is 38.3 Å². The summed E-state index contributed by atoms with van der Waals surface area (Å²) in [4.78, 5) is 13.5. The van der Waals surface area contributed by atoms with Crippen molar-refractivity contribution < 1.29 is 9.53 Å². The number of benzene rings is 1. The molecule has 1 aromatic rings. The van der Waals surface area contributed by atoms with Crippen LogP contribution in [0.5, 0.6) is 0 Å². The molecule has 0 aliphatic carbocycles. The standard InChI is InChI=1S/C17H27NO2S/c1-7-20-16(19)17(6,18-12(2)3)11-21-15-10-13(4)8-9-14(15)5/h8-10,12,18H,7,11H2,1-6H3. The van der Waals surface area contributed by atoms with E-state index in [9.17, 15) is 4.79 Å². The first-order valence-electron chi connectivity index (χ1n) is 7.43. The van der Waals surface area contributed by atoms with Crippen molar-refractivity contribution in [3.63, 3.8) is 0 Å². The number of hydrogen-bond donors (Lipinski definition) is 1. The molecule has 0 amide bonds. The quantitative estimate of drug-likeness (QED) is 0.615. The van der Waals surface area contributed by atoms with E-state index in [2.05, 4.69) is 37.4 Å². The number of carbonyl (C=O) groups excluding carboxylic acids is 1. The van der Waals surface area contributed by atoms with Gasteiger partial charge in [0.05, 0.1) is 6.61 Å². The smallest absolute Gasteiger partial charge is 0.326 e. The van der Waals surface area contributed by atoms with Gasteiger partial charge in [-0.05, 0) is 53.2 Å². The van der Waals surface area contributed by atoms with Crippen molar-refractivity contribution >= 4 is 17.7 Å². The first-order chi connectivity index (χ1) is 9.78. The molecule has 0 bridgehead atoms. The fraction of sp³-hybridized carbons (Fsp3) is 0.588. The van der Waals surface area contributed by atoms with Crippen molar-refractivity contribution in [3.8, 4) is 0 Å². The molecule has 0 saturated carbocycles. The maximum atomic E-state index is 12.3. The highest BCUT2D eigenvalue weighted by atomic mass is 32.2. The molecule has 0 radical (unpaired) electrons. The molecule has 0 saturated heterocycles. The molecule has 0 heterocycles. The first kappa shape index (κ1) is 18.1. The largest absolute Gasteiger partial charge is 0.465 e. The van der Waals surface area contributed by atoms with Crippen molar-refractivity contribution in [1.82, 2.24) is 5.32 Å². The first-order valence-corrected chi connectivity index (χ1v) is 8.42. The molecule has 3 nitrogen and oxygen atoms in total. The van der Waals surface area contributed by atoms with Gasteiger partial charge in [-0.2, -0.15) is 0 Å². The maximum Gasteiger partial charge on any atom is 0.326 e. The Labute approximate surface area is 132 Å². The van der Waals surface area contributed by atoms with Crippen LogP contribution in [-0.4, -0.2) is 29.9 Å². The SMILES string of the molecule is CCOC(=O)C(C)(CSc1cc(C)ccc1C)NC(C)C. The Kier molecular flexibility index (Phi) is 6.75. The average molecular weight is 309 g/mol. The number of nitrogens with one attached hydrogen (secondary N) is 1. The van der Waals surface area contributed by atoms with E-state index in [-0.39, 0.29) is 12.0 Å². The van der Waals surface area contributed by atoms with Crippen LogP contribution in [0.25, 0.3) is 0 Å². The zero-order chi connectivity index (χ0) is 16.0. The summed E-state index contributed by atoms with van der Waals surface area (Å²) in [7, 11) is 0. The van der Waals surface area contributed by atoms with Gasteiger partial charge < -0.3 is 4.74 Å². The van der Waals surface area contributed by atoms with Crippen molar-refractivity contribution in [2.75, 3.05) is 12.4 Å². The molecule has 118 valence electrons. The van der Waals surface area contributed by atoms with Crippen LogP contribution < -0.4 is 5.32 Å². The van der Waals surface area contributed by atoms with E-state index in [0.717, 1.165) is 0 Å². The summed E-state index contributed by atoms with van der Waals surface area (Å²) in [5.41, 5.74) is 1.80. The molecule has 0 aliphatic heterocycles. The summed E-state index contributed by atoms with van der Waals surface area (Å²) in [5, 5.41) is 3.35. The minimum Gasteiger partial charge on any atom is -0.465 e. The Bertz CT molecular complexity index is 488. The van der Waals surface area contributed by atoms with Gasteiger partial charge in [0.15, 0.2) is 0 Å². The lowest BCUT2D eigenvalue weighted by Crippen LogP contribution is -2.55. The summed E-state index contributed by atoms with van der Waals surface area (Å²) in [6.45, 7) is 12.4. The Hall–Kier alpha value is -1.00. The van der Waals surface area contributed by atoms with Crippen LogP contribution in [0.1, 0.15) is 38.8 Å². The number of hydrogen-bond acceptors (Lipinski definition) is 4. The molecule has 0 fully saturated rings. The zero-order valence-electron chi connectivity index (χ0n) is 13.9. The lowest BCUT2D eigenvalue weighted by molar-refractivity contribution is -0.149. The number of ether oxygens (including phenoxy) is 1. The summed E-state index contributed by atoms with van der Waals surface area (Å²) in [6, 6.07) is 6.62. The van der Waals surface area contributed by atoms with Gasteiger partial charge in [0.25, 0.3) is 0 Å². The summed E-state index contributed by atoms with van der Waals surface area (Å²) < 4.78 is 5.24. The molecular weight excluding hydrogens is 282 g/mol. The molecule has 0 aliphatic rings. The van der Waals surface area contributed by atoms with Crippen LogP contribution in [0.3, 0.4) is 0 Å². The third-order valence-corrected chi connectivity index (χ3v) is 4.67. The predicted octanol–water partition coefficient (Wildman–Crippen LogP) is 3.72. The summed E-state index contributed by atoms with van der Waals surface area (Å²) in [6.07, 6.45) is 0. The van der Waals surface area contributed by atoms with Crippen LogP contribution >= 0.6 is 11.8 Å². The molecule has 1 atom stereocenters. The minimum absolute atomic E-state index is 0.184. The number of rotatable bonds is 7. The molecule has 1 unspecified atom stereocenters. The van der Waals surface area contributed by atoms with Gasteiger partial charge in [-0.1, -0.05) is 17.7 Å². The van der Waals surface area contributed by atoms with Gasteiger partial charge in [0.1, 0.15) is 5.54 Å². The summed E-state index contributed by atoms with van der Waals surface area (Å²) in [5.74, 6) is 0.463. The van der Waals surface area contributed by atoms with Crippen LogP contribution in [0.4, 0.5) is 0 Å². The van der Waals surface area contributed by atoms with Crippen molar-refractivity contribution in [1.29, 1.82) is 0 Å². The normalized spacial score (nSPS) is 14.0. The highest BCUT2D eigenvalue weighted by molar-refractivity contribution is 7.99. The van der Waals surface area contributed by atoms with Crippen LogP contribution in [0.15, 0.2) is 23.1 Å². The molecule has 1 rings (SSSR count). The highest BCUT2D eigenvalue weighted by Crippen LogP contribution is 2.27. The molecule has 0 aromatic heterocycles. The second-order valence-corrected chi connectivity index (χ2v) is 6.93. The van der Waals surface area contributed by atoms with Crippen LogP contribution in [0, 0.1) is 13.8 Å². The van der Waals surface area contributed by atoms with Gasteiger partial charge in [-0.3, -0.25) is 10.1 Å². The van der Waals surface area contributed by atoms with Crippen molar-refractivity contribution in [2.24, 2.45) is 0 Å². The summed E-state index contributed by atoms with van der Waals surface area (Å²) >= 11 is 1.70. The second-order valence-electron chi connectivity index (χ2n) is 5.91. The van der Waals surface area contributed by atoms with E-state index in [1.54, 1.807) is 11.8 Å². The average Bonchev–Trinajstić information content (AvgIpc) is 2.39. The van der Waals surface area contributed by atoms with Gasteiger partial charge in [-0.15, -0.1) is 11.8 Å². The van der Waals surface area contributed by atoms with Crippen molar-refractivity contribution in [2.45, 2.75) is 58.0 Å². The third-order valence-electron chi connectivity index (χ3n) is 3.19. The van der Waals surface area contributed by atoms with Crippen molar-refractivity contribution in [3.05, 3.63) is 29.3 Å². The lowest BCUT2D eigenvalue weighted by Gasteiger charge is -2.30. The Morgan fingerprint density at radius 1 is 1.38 bits per heavy atom. The van der Waals surface area contributed by atoms with E-state index < -0.39 is 5.54 Å². The third kappa shape index (κ3) is 5.36. The molecule has 0 spiro atoms. The number of thioether (sulfide) groups is 1.